The zero-order valence-corrected chi connectivity index (χ0v) is 13.1. The van der Waals surface area contributed by atoms with Crippen LogP contribution in [0, 0.1) is 6.92 Å². The lowest BCUT2D eigenvalue weighted by atomic mass is 10.2. The molecule has 2 rings (SSSR count). The van der Waals surface area contributed by atoms with E-state index in [0.717, 1.165) is 5.56 Å². The number of aromatic nitrogens is 2. The minimum atomic E-state index is -0.550. The molecule has 0 aliphatic heterocycles. The van der Waals surface area contributed by atoms with Gasteiger partial charge in [0.05, 0.1) is 0 Å². The molecule has 0 aliphatic rings. The Hall–Kier alpha value is -2.63. The van der Waals surface area contributed by atoms with Gasteiger partial charge in [-0.15, -0.1) is 0 Å². The second-order valence-corrected chi connectivity index (χ2v) is 5.74. The van der Waals surface area contributed by atoms with E-state index >= 15 is 0 Å². The number of anilines is 1. The molecule has 0 radical (unpaired) electrons. The second kappa shape index (κ2) is 6.43. The average molecular weight is 301 g/mol. The van der Waals surface area contributed by atoms with Crippen molar-refractivity contribution in [3.05, 3.63) is 42.2 Å². The van der Waals surface area contributed by atoms with Gasteiger partial charge in [-0.2, -0.15) is 0 Å². The van der Waals surface area contributed by atoms with E-state index < -0.39 is 11.7 Å². The molecule has 0 aliphatic carbocycles. The molecule has 0 bridgehead atoms. The maximum absolute atomic E-state index is 11.8. The van der Waals surface area contributed by atoms with E-state index in [0.29, 0.717) is 11.4 Å². The molecule has 1 N–H and O–H groups in total. The summed E-state index contributed by atoms with van der Waals surface area (Å²) >= 11 is 0. The van der Waals surface area contributed by atoms with Gasteiger partial charge < -0.3 is 9.47 Å². The molecule has 0 atom stereocenters. The van der Waals surface area contributed by atoms with Crippen LogP contribution in [0.15, 0.2) is 36.7 Å². The van der Waals surface area contributed by atoms with E-state index in [-0.39, 0.29) is 6.01 Å². The second-order valence-electron chi connectivity index (χ2n) is 5.74. The van der Waals surface area contributed by atoms with E-state index in [2.05, 4.69) is 15.3 Å². The minimum absolute atomic E-state index is 0.250. The molecule has 0 fully saturated rings. The van der Waals surface area contributed by atoms with Crippen LogP contribution in [0.1, 0.15) is 26.3 Å². The van der Waals surface area contributed by atoms with Crippen molar-refractivity contribution in [3.63, 3.8) is 0 Å². The maximum Gasteiger partial charge on any atom is 0.412 e. The molecule has 1 amide bonds. The normalized spacial score (nSPS) is 10.9. The number of hydrogen-bond donors (Lipinski definition) is 1. The molecular formula is C16H19N3O3. The molecule has 1 heterocycles. The molecule has 1 aromatic heterocycles. The topological polar surface area (TPSA) is 73.3 Å². The molecule has 116 valence electrons. The summed E-state index contributed by atoms with van der Waals surface area (Å²) in [5, 5.41) is 2.67. The predicted molar refractivity (Wildman–Crippen MR) is 83.1 cm³/mol. The lowest BCUT2D eigenvalue weighted by Crippen LogP contribution is -2.27. The van der Waals surface area contributed by atoms with Crippen LogP contribution >= 0.6 is 0 Å². The first-order valence-corrected chi connectivity index (χ1v) is 6.89. The number of benzene rings is 1. The number of aryl methyl sites for hydroxylation is 1. The lowest BCUT2D eigenvalue weighted by molar-refractivity contribution is 0.0636. The van der Waals surface area contributed by atoms with Gasteiger partial charge in [-0.25, -0.2) is 14.8 Å². The smallest absolute Gasteiger partial charge is 0.412 e. The summed E-state index contributed by atoms with van der Waals surface area (Å²) in [6.45, 7) is 7.32. The number of ether oxygens (including phenoxy) is 2. The third-order valence-corrected chi connectivity index (χ3v) is 2.58. The Morgan fingerprint density at radius 1 is 1.18 bits per heavy atom. The van der Waals surface area contributed by atoms with Crippen LogP contribution in [-0.4, -0.2) is 21.7 Å². The summed E-state index contributed by atoms with van der Waals surface area (Å²) < 4.78 is 10.8. The van der Waals surface area contributed by atoms with Crippen molar-refractivity contribution < 1.29 is 14.3 Å². The summed E-state index contributed by atoms with van der Waals surface area (Å²) in [7, 11) is 0. The Labute approximate surface area is 129 Å². The third-order valence-electron chi connectivity index (χ3n) is 2.58. The molecular weight excluding hydrogens is 282 g/mol. The van der Waals surface area contributed by atoms with Gasteiger partial charge in [0.1, 0.15) is 11.4 Å². The van der Waals surface area contributed by atoms with Gasteiger partial charge in [-0.3, -0.25) is 5.32 Å². The summed E-state index contributed by atoms with van der Waals surface area (Å²) in [6.07, 6.45) is 2.68. The molecule has 22 heavy (non-hydrogen) atoms. The average Bonchev–Trinajstić information content (AvgIpc) is 2.41. The zero-order valence-electron chi connectivity index (χ0n) is 13.1. The zero-order chi connectivity index (χ0) is 16.2. The van der Waals surface area contributed by atoms with Gasteiger partial charge >= 0.3 is 12.1 Å². The van der Waals surface area contributed by atoms with E-state index in [4.69, 9.17) is 9.47 Å². The van der Waals surface area contributed by atoms with Crippen LogP contribution < -0.4 is 10.1 Å². The number of carbonyl (C=O) groups excluding carboxylic acids is 1. The number of nitrogens with one attached hydrogen (secondary N) is 1. The highest BCUT2D eigenvalue weighted by Gasteiger charge is 2.16. The molecule has 6 heteroatoms. The quantitative estimate of drug-likeness (QED) is 0.930. The van der Waals surface area contributed by atoms with Crippen molar-refractivity contribution in [2.75, 3.05) is 5.32 Å². The first kappa shape index (κ1) is 15.8. The Morgan fingerprint density at radius 2 is 1.86 bits per heavy atom. The van der Waals surface area contributed by atoms with Crippen molar-refractivity contribution in [1.29, 1.82) is 0 Å². The number of amides is 1. The van der Waals surface area contributed by atoms with Crippen molar-refractivity contribution in [3.8, 4) is 11.8 Å². The Morgan fingerprint density at radius 3 is 2.50 bits per heavy atom. The SMILES string of the molecule is Cc1ccc(NC(=O)OC(C)(C)C)cc1Oc1ncccn1. The maximum atomic E-state index is 11.8. The molecule has 6 nitrogen and oxygen atoms in total. The summed E-state index contributed by atoms with van der Waals surface area (Å²) in [4.78, 5) is 19.8. The summed E-state index contributed by atoms with van der Waals surface area (Å²) in [6, 6.07) is 7.28. The first-order valence-electron chi connectivity index (χ1n) is 6.89. The van der Waals surface area contributed by atoms with Crippen molar-refractivity contribution in [2.24, 2.45) is 0 Å². The summed E-state index contributed by atoms with van der Waals surface area (Å²) in [5.74, 6) is 0.569. The first-order chi connectivity index (χ1) is 10.3. The molecule has 0 saturated carbocycles. The van der Waals surface area contributed by atoms with E-state index in [1.54, 1.807) is 30.6 Å². The van der Waals surface area contributed by atoms with Gasteiger partial charge in [-0.05, 0) is 45.4 Å². The van der Waals surface area contributed by atoms with Crippen LogP contribution in [0.5, 0.6) is 11.8 Å². The van der Waals surface area contributed by atoms with Gasteiger partial charge in [0.15, 0.2) is 0 Å². The van der Waals surface area contributed by atoms with Crippen molar-refractivity contribution >= 4 is 11.8 Å². The van der Waals surface area contributed by atoms with Crippen molar-refractivity contribution in [1.82, 2.24) is 9.97 Å². The third kappa shape index (κ3) is 4.73. The molecule has 0 saturated heterocycles. The Bertz CT molecular complexity index is 651. The number of carbonyl (C=O) groups is 1. The Balaban J connectivity index is 2.11. The Kier molecular flexibility index (Phi) is 4.60. The fourth-order valence-electron chi connectivity index (χ4n) is 1.65. The minimum Gasteiger partial charge on any atom is -0.444 e. The number of hydrogen-bond acceptors (Lipinski definition) is 5. The number of rotatable bonds is 3. The largest absolute Gasteiger partial charge is 0.444 e. The van der Waals surface area contributed by atoms with Gasteiger partial charge in [0.2, 0.25) is 0 Å². The monoisotopic (exact) mass is 301 g/mol. The predicted octanol–water partition coefficient (Wildman–Crippen LogP) is 3.92. The highest BCUT2D eigenvalue weighted by Crippen LogP contribution is 2.26. The van der Waals surface area contributed by atoms with E-state index in [1.807, 2.05) is 33.8 Å². The lowest BCUT2D eigenvalue weighted by Gasteiger charge is -2.20. The van der Waals surface area contributed by atoms with Crippen molar-refractivity contribution in [2.45, 2.75) is 33.3 Å². The molecule has 2 aromatic rings. The van der Waals surface area contributed by atoms with E-state index in [9.17, 15) is 4.79 Å². The van der Waals surface area contributed by atoms with Gasteiger partial charge in [-0.1, -0.05) is 6.07 Å². The fraction of sp³-hybridized carbons (Fsp3) is 0.312. The van der Waals surface area contributed by atoms with Gasteiger partial charge in [0, 0.05) is 24.1 Å². The van der Waals surface area contributed by atoms with Crippen LogP contribution in [0.25, 0.3) is 0 Å². The fourth-order valence-corrected chi connectivity index (χ4v) is 1.65. The molecule has 1 aromatic carbocycles. The van der Waals surface area contributed by atoms with E-state index in [1.165, 1.54) is 0 Å². The van der Waals surface area contributed by atoms with Crippen LogP contribution in [-0.2, 0) is 4.74 Å². The molecule has 0 unspecified atom stereocenters. The van der Waals surface area contributed by atoms with Crippen LogP contribution in [0.2, 0.25) is 0 Å². The number of nitrogens with zero attached hydrogens (tertiary/aromatic N) is 2. The standard InChI is InChI=1S/C16H19N3O3/c1-11-6-7-12(19-15(20)22-16(2,3)4)10-13(11)21-14-17-8-5-9-18-14/h5-10H,1-4H3,(H,19,20). The van der Waals surface area contributed by atoms with Gasteiger partial charge in [0.25, 0.3) is 0 Å². The highest BCUT2D eigenvalue weighted by molar-refractivity contribution is 5.85. The highest BCUT2D eigenvalue weighted by atomic mass is 16.6. The van der Waals surface area contributed by atoms with Crippen LogP contribution in [0.3, 0.4) is 0 Å². The molecule has 0 spiro atoms. The summed E-state index contributed by atoms with van der Waals surface area (Å²) in [5.41, 5.74) is 0.930. The van der Waals surface area contributed by atoms with Crippen LogP contribution in [0.4, 0.5) is 10.5 Å².